The van der Waals surface area contributed by atoms with Crippen molar-refractivity contribution in [3.05, 3.63) is 84.9 Å². The van der Waals surface area contributed by atoms with Gasteiger partial charge < -0.3 is 15.0 Å². The van der Waals surface area contributed by atoms with Gasteiger partial charge in [-0.3, -0.25) is 4.90 Å². The summed E-state index contributed by atoms with van der Waals surface area (Å²) in [7, 11) is 0. The van der Waals surface area contributed by atoms with E-state index in [0.717, 1.165) is 50.3 Å². The van der Waals surface area contributed by atoms with Gasteiger partial charge in [0.1, 0.15) is 5.75 Å². The summed E-state index contributed by atoms with van der Waals surface area (Å²) >= 11 is 0. The SMILES string of the molecule is O=C(NCCCN1CCN(c2ccccc2)CC1)Oc1cccc(-c2ccccc2)c1. The molecule has 160 valence electrons. The standard InChI is InChI=1S/C26H29N3O2/c30-26(31-25-14-7-11-23(21-25)22-9-3-1-4-10-22)27-15-8-16-28-17-19-29(20-18-28)24-12-5-2-6-13-24/h1-7,9-14,21H,8,15-20H2,(H,27,30). The number of carbonyl (C=O) groups excluding carboxylic acids is 1. The quantitative estimate of drug-likeness (QED) is 0.571. The lowest BCUT2D eigenvalue weighted by Crippen LogP contribution is -2.47. The summed E-state index contributed by atoms with van der Waals surface area (Å²) in [5.41, 5.74) is 3.42. The number of para-hydroxylation sites is 1. The fraction of sp³-hybridized carbons (Fsp3) is 0.269. The van der Waals surface area contributed by atoms with Crippen LogP contribution in [0.15, 0.2) is 84.9 Å². The summed E-state index contributed by atoms with van der Waals surface area (Å²) in [6.45, 7) is 5.76. The number of piperazine rings is 1. The molecule has 0 atom stereocenters. The van der Waals surface area contributed by atoms with E-state index in [-0.39, 0.29) is 0 Å². The van der Waals surface area contributed by atoms with Crippen LogP contribution in [0.1, 0.15) is 6.42 Å². The second kappa shape index (κ2) is 10.6. The van der Waals surface area contributed by atoms with Crippen LogP contribution in [-0.4, -0.2) is 50.3 Å². The van der Waals surface area contributed by atoms with Crippen molar-refractivity contribution in [2.24, 2.45) is 0 Å². The largest absolute Gasteiger partial charge is 0.412 e. The molecule has 1 N–H and O–H groups in total. The first-order valence-corrected chi connectivity index (χ1v) is 10.9. The molecular weight excluding hydrogens is 386 g/mol. The van der Waals surface area contributed by atoms with Gasteiger partial charge in [0.05, 0.1) is 0 Å². The number of anilines is 1. The fourth-order valence-electron chi connectivity index (χ4n) is 3.87. The number of ether oxygens (including phenoxy) is 1. The zero-order chi connectivity index (χ0) is 21.3. The molecular formula is C26H29N3O2. The van der Waals surface area contributed by atoms with Crippen molar-refractivity contribution in [1.29, 1.82) is 0 Å². The van der Waals surface area contributed by atoms with Crippen LogP contribution in [-0.2, 0) is 0 Å². The van der Waals surface area contributed by atoms with Gasteiger partial charge in [-0.1, -0.05) is 60.7 Å². The summed E-state index contributed by atoms with van der Waals surface area (Å²) in [5, 5.41) is 2.87. The predicted octanol–water partition coefficient (Wildman–Crippen LogP) is 4.65. The summed E-state index contributed by atoms with van der Waals surface area (Å²) in [6.07, 6.45) is 0.504. The van der Waals surface area contributed by atoms with E-state index in [1.165, 1.54) is 5.69 Å². The minimum absolute atomic E-state index is 0.404. The van der Waals surface area contributed by atoms with E-state index in [1.54, 1.807) is 6.07 Å². The minimum Gasteiger partial charge on any atom is -0.410 e. The average Bonchev–Trinajstić information content (AvgIpc) is 2.83. The van der Waals surface area contributed by atoms with Gasteiger partial charge >= 0.3 is 6.09 Å². The van der Waals surface area contributed by atoms with Crippen molar-refractivity contribution >= 4 is 11.8 Å². The molecule has 1 aliphatic heterocycles. The predicted molar refractivity (Wildman–Crippen MR) is 126 cm³/mol. The van der Waals surface area contributed by atoms with E-state index in [4.69, 9.17) is 4.74 Å². The molecule has 3 aromatic carbocycles. The number of rotatable bonds is 7. The number of nitrogens with zero attached hydrogens (tertiary/aromatic N) is 2. The van der Waals surface area contributed by atoms with Crippen molar-refractivity contribution in [2.75, 3.05) is 44.2 Å². The Morgan fingerprint density at radius 1 is 0.806 bits per heavy atom. The number of carbonyl (C=O) groups is 1. The average molecular weight is 416 g/mol. The molecule has 1 heterocycles. The van der Waals surface area contributed by atoms with Gasteiger partial charge in [-0.05, 0) is 48.4 Å². The molecule has 0 bridgehead atoms. The molecule has 1 saturated heterocycles. The van der Waals surface area contributed by atoms with Crippen LogP contribution in [0.25, 0.3) is 11.1 Å². The maximum Gasteiger partial charge on any atom is 0.412 e. The summed E-state index contributed by atoms with van der Waals surface area (Å²) in [5.74, 6) is 0.552. The van der Waals surface area contributed by atoms with Gasteiger partial charge in [0, 0.05) is 38.4 Å². The number of nitrogens with one attached hydrogen (secondary N) is 1. The highest BCUT2D eigenvalue weighted by molar-refractivity contribution is 5.72. The Balaban J connectivity index is 1.15. The molecule has 0 aliphatic carbocycles. The molecule has 0 radical (unpaired) electrons. The number of hydrogen-bond acceptors (Lipinski definition) is 4. The van der Waals surface area contributed by atoms with Crippen molar-refractivity contribution in [1.82, 2.24) is 10.2 Å². The summed E-state index contributed by atoms with van der Waals surface area (Å²) < 4.78 is 5.46. The monoisotopic (exact) mass is 415 g/mol. The molecule has 5 nitrogen and oxygen atoms in total. The Labute approximate surface area is 184 Å². The van der Waals surface area contributed by atoms with Crippen LogP contribution in [0.4, 0.5) is 10.5 Å². The first kappa shape index (κ1) is 20.9. The Hall–Kier alpha value is -3.31. The second-order valence-corrected chi connectivity index (χ2v) is 7.73. The van der Waals surface area contributed by atoms with Gasteiger partial charge in [0.25, 0.3) is 0 Å². The molecule has 4 rings (SSSR count). The van der Waals surface area contributed by atoms with Crippen molar-refractivity contribution in [3.63, 3.8) is 0 Å². The lowest BCUT2D eigenvalue weighted by Gasteiger charge is -2.36. The van der Waals surface area contributed by atoms with Crippen LogP contribution in [0, 0.1) is 0 Å². The Morgan fingerprint density at radius 2 is 1.48 bits per heavy atom. The highest BCUT2D eigenvalue weighted by atomic mass is 16.6. The third-order valence-corrected chi connectivity index (χ3v) is 5.57. The van der Waals surface area contributed by atoms with Crippen molar-refractivity contribution in [2.45, 2.75) is 6.42 Å². The van der Waals surface area contributed by atoms with Gasteiger partial charge in [0.2, 0.25) is 0 Å². The second-order valence-electron chi connectivity index (χ2n) is 7.73. The molecule has 0 spiro atoms. The van der Waals surface area contributed by atoms with E-state index in [9.17, 15) is 4.79 Å². The van der Waals surface area contributed by atoms with Crippen LogP contribution in [0.5, 0.6) is 5.75 Å². The first-order valence-electron chi connectivity index (χ1n) is 10.9. The third-order valence-electron chi connectivity index (χ3n) is 5.57. The fourth-order valence-corrected chi connectivity index (χ4v) is 3.87. The zero-order valence-corrected chi connectivity index (χ0v) is 17.7. The van der Waals surface area contributed by atoms with E-state index in [1.807, 2.05) is 48.5 Å². The molecule has 0 saturated carbocycles. The van der Waals surface area contributed by atoms with E-state index < -0.39 is 6.09 Å². The highest BCUT2D eigenvalue weighted by Gasteiger charge is 2.16. The smallest absolute Gasteiger partial charge is 0.410 e. The number of benzene rings is 3. The molecule has 1 fully saturated rings. The molecule has 0 aromatic heterocycles. The van der Waals surface area contributed by atoms with Crippen molar-refractivity contribution < 1.29 is 9.53 Å². The maximum atomic E-state index is 12.2. The van der Waals surface area contributed by atoms with Crippen molar-refractivity contribution in [3.8, 4) is 16.9 Å². The lowest BCUT2D eigenvalue weighted by atomic mass is 10.1. The molecule has 1 aliphatic rings. The number of hydrogen-bond donors (Lipinski definition) is 1. The summed E-state index contributed by atoms with van der Waals surface area (Å²) in [4.78, 5) is 17.0. The minimum atomic E-state index is -0.404. The molecule has 0 unspecified atom stereocenters. The zero-order valence-electron chi connectivity index (χ0n) is 17.7. The molecule has 31 heavy (non-hydrogen) atoms. The van der Waals surface area contributed by atoms with E-state index in [0.29, 0.717) is 12.3 Å². The van der Waals surface area contributed by atoms with Crippen LogP contribution in [0.2, 0.25) is 0 Å². The normalized spacial score (nSPS) is 14.3. The lowest BCUT2D eigenvalue weighted by molar-refractivity contribution is 0.198. The molecule has 1 amide bonds. The van der Waals surface area contributed by atoms with Gasteiger partial charge in [-0.25, -0.2) is 4.79 Å². The molecule has 3 aromatic rings. The third kappa shape index (κ3) is 6.09. The highest BCUT2D eigenvalue weighted by Crippen LogP contribution is 2.23. The maximum absolute atomic E-state index is 12.2. The van der Waals surface area contributed by atoms with Gasteiger partial charge in [-0.15, -0.1) is 0 Å². The van der Waals surface area contributed by atoms with Crippen LogP contribution in [0.3, 0.4) is 0 Å². The van der Waals surface area contributed by atoms with Crippen LogP contribution < -0.4 is 15.0 Å². The first-order chi connectivity index (χ1) is 15.3. The Kier molecular flexibility index (Phi) is 7.19. The van der Waals surface area contributed by atoms with E-state index in [2.05, 4.69) is 45.4 Å². The molecule has 5 heteroatoms. The van der Waals surface area contributed by atoms with E-state index >= 15 is 0 Å². The topological polar surface area (TPSA) is 44.8 Å². The Bertz CT molecular complexity index is 955. The van der Waals surface area contributed by atoms with Gasteiger partial charge in [0.15, 0.2) is 0 Å². The van der Waals surface area contributed by atoms with Crippen LogP contribution >= 0.6 is 0 Å². The Morgan fingerprint density at radius 3 is 2.23 bits per heavy atom. The van der Waals surface area contributed by atoms with Gasteiger partial charge in [-0.2, -0.15) is 0 Å². The summed E-state index contributed by atoms with van der Waals surface area (Å²) in [6, 6.07) is 28.2. The number of amides is 1.